The van der Waals surface area contributed by atoms with E-state index in [1.807, 2.05) is 24.3 Å². The Labute approximate surface area is 164 Å². The molecular formula is C20H21NO5S2. The highest BCUT2D eigenvalue weighted by molar-refractivity contribution is 7.91. The highest BCUT2D eigenvalue weighted by Gasteiger charge is 2.35. The van der Waals surface area contributed by atoms with Crippen LogP contribution in [0.1, 0.15) is 18.6 Å². The second-order valence-corrected chi connectivity index (χ2v) is 11.2. The molecule has 1 fully saturated rings. The molecule has 1 aliphatic rings. The molecule has 1 aromatic heterocycles. The lowest BCUT2D eigenvalue weighted by Gasteiger charge is -2.31. The van der Waals surface area contributed by atoms with Gasteiger partial charge in [0.05, 0.1) is 16.4 Å². The Kier molecular flexibility index (Phi) is 5.03. The van der Waals surface area contributed by atoms with Gasteiger partial charge in [-0.05, 0) is 36.4 Å². The Morgan fingerprint density at radius 1 is 0.893 bits per heavy atom. The number of hydrogen-bond donors (Lipinski definition) is 0. The first-order chi connectivity index (χ1) is 13.4. The minimum Gasteiger partial charge on any atom is -0.468 e. The smallest absolute Gasteiger partial charge is 0.243 e. The fourth-order valence-corrected chi connectivity index (χ4v) is 7.11. The van der Waals surface area contributed by atoms with Crippen LogP contribution in [0.5, 0.6) is 0 Å². The summed E-state index contributed by atoms with van der Waals surface area (Å²) in [5.41, 5.74) is 0. The predicted octanol–water partition coefficient (Wildman–Crippen LogP) is 3.20. The molecule has 0 atom stereocenters. The molecule has 0 bridgehead atoms. The number of fused-ring (bicyclic) bond motifs is 1. The quantitative estimate of drug-likeness (QED) is 0.634. The van der Waals surface area contributed by atoms with E-state index in [1.54, 1.807) is 30.3 Å². The fraction of sp³-hybridized carbons (Fsp3) is 0.300. The molecule has 3 aromatic rings. The van der Waals surface area contributed by atoms with Crippen molar-refractivity contribution in [3.8, 4) is 0 Å². The molecule has 0 N–H and O–H groups in total. The molecule has 6 nitrogen and oxygen atoms in total. The van der Waals surface area contributed by atoms with Crippen LogP contribution in [0, 0.1) is 0 Å². The summed E-state index contributed by atoms with van der Waals surface area (Å²) in [6.07, 6.45) is 2.02. The van der Waals surface area contributed by atoms with E-state index < -0.39 is 25.1 Å². The number of piperidine rings is 1. The van der Waals surface area contributed by atoms with Gasteiger partial charge in [-0.2, -0.15) is 4.31 Å². The standard InChI is InChI=1S/C20H21NO5S2/c22-27(23,15-17-7-4-14-26-17)18-10-12-21(13-11-18)28(24,25)20-9-3-6-16-5-1-2-8-19(16)20/h1-9,14,18H,10-13,15H2. The summed E-state index contributed by atoms with van der Waals surface area (Å²) in [7, 11) is -7.08. The van der Waals surface area contributed by atoms with Gasteiger partial charge in [-0.15, -0.1) is 0 Å². The first kappa shape index (κ1) is 19.2. The summed E-state index contributed by atoms with van der Waals surface area (Å²) in [6, 6.07) is 15.9. The summed E-state index contributed by atoms with van der Waals surface area (Å²) < 4.78 is 58.1. The van der Waals surface area contributed by atoms with Crippen LogP contribution in [-0.2, 0) is 25.6 Å². The van der Waals surface area contributed by atoms with Crippen molar-refractivity contribution in [1.29, 1.82) is 0 Å². The summed E-state index contributed by atoms with van der Waals surface area (Å²) in [5, 5.41) is 0.980. The van der Waals surface area contributed by atoms with Gasteiger partial charge >= 0.3 is 0 Å². The molecule has 0 aliphatic carbocycles. The normalized spacial score (nSPS) is 17.1. The van der Waals surface area contributed by atoms with Gasteiger partial charge in [0.15, 0.2) is 9.84 Å². The van der Waals surface area contributed by atoms with Crippen LogP contribution >= 0.6 is 0 Å². The maximum absolute atomic E-state index is 13.2. The van der Waals surface area contributed by atoms with Gasteiger partial charge < -0.3 is 4.42 Å². The predicted molar refractivity (Wildman–Crippen MR) is 107 cm³/mol. The third-order valence-electron chi connectivity index (χ3n) is 5.20. The molecule has 28 heavy (non-hydrogen) atoms. The fourth-order valence-electron chi connectivity index (χ4n) is 3.70. The molecular weight excluding hydrogens is 398 g/mol. The highest BCUT2D eigenvalue weighted by atomic mass is 32.2. The first-order valence-electron chi connectivity index (χ1n) is 9.10. The van der Waals surface area contributed by atoms with E-state index in [2.05, 4.69) is 0 Å². The monoisotopic (exact) mass is 419 g/mol. The minimum absolute atomic E-state index is 0.152. The van der Waals surface area contributed by atoms with Crippen molar-refractivity contribution in [1.82, 2.24) is 4.31 Å². The van der Waals surface area contributed by atoms with Crippen molar-refractivity contribution in [2.75, 3.05) is 13.1 Å². The van der Waals surface area contributed by atoms with Crippen molar-refractivity contribution in [2.45, 2.75) is 28.7 Å². The molecule has 4 rings (SSSR count). The molecule has 8 heteroatoms. The molecule has 1 saturated heterocycles. The van der Waals surface area contributed by atoms with E-state index in [9.17, 15) is 16.8 Å². The highest BCUT2D eigenvalue weighted by Crippen LogP contribution is 2.29. The van der Waals surface area contributed by atoms with Gasteiger partial charge in [0.2, 0.25) is 10.0 Å². The first-order valence-corrected chi connectivity index (χ1v) is 12.3. The Morgan fingerprint density at radius 3 is 2.32 bits per heavy atom. The van der Waals surface area contributed by atoms with Crippen LogP contribution in [0.4, 0.5) is 0 Å². The van der Waals surface area contributed by atoms with Crippen LogP contribution in [0.2, 0.25) is 0 Å². The number of rotatable bonds is 5. The molecule has 0 amide bonds. The molecule has 148 valence electrons. The lowest BCUT2D eigenvalue weighted by molar-refractivity contribution is 0.345. The Bertz CT molecular complexity index is 1170. The second-order valence-electron chi connectivity index (χ2n) is 6.97. The molecule has 0 unspecified atom stereocenters. The van der Waals surface area contributed by atoms with E-state index >= 15 is 0 Å². The van der Waals surface area contributed by atoms with E-state index in [0.717, 1.165) is 5.39 Å². The average molecular weight is 420 g/mol. The zero-order valence-corrected chi connectivity index (χ0v) is 16.8. The van der Waals surface area contributed by atoms with Crippen LogP contribution < -0.4 is 0 Å². The summed E-state index contributed by atoms with van der Waals surface area (Å²) in [5.74, 6) is 0.256. The molecule has 0 saturated carbocycles. The topological polar surface area (TPSA) is 84.7 Å². The molecule has 2 aromatic carbocycles. The lowest BCUT2D eigenvalue weighted by atomic mass is 10.1. The van der Waals surface area contributed by atoms with Crippen molar-refractivity contribution in [3.63, 3.8) is 0 Å². The number of benzene rings is 2. The molecule has 2 heterocycles. The third kappa shape index (κ3) is 3.59. The second kappa shape index (κ2) is 7.35. The SMILES string of the molecule is O=S(=O)(Cc1ccco1)C1CCN(S(=O)(=O)c2cccc3ccccc23)CC1. The number of furan rings is 1. The zero-order valence-electron chi connectivity index (χ0n) is 15.2. The van der Waals surface area contributed by atoms with Crippen molar-refractivity contribution in [2.24, 2.45) is 0 Å². The third-order valence-corrected chi connectivity index (χ3v) is 9.33. The molecule has 0 spiro atoms. The van der Waals surface area contributed by atoms with Gasteiger partial charge in [-0.3, -0.25) is 0 Å². The summed E-state index contributed by atoms with van der Waals surface area (Å²) >= 11 is 0. The maximum Gasteiger partial charge on any atom is 0.243 e. The number of sulfone groups is 1. The summed E-state index contributed by atoms with van der Waals surface area (Å²) in [6.45, 7) is 0.376. The van der Waals surface area contributed by atoms with E-state index in [1.165, 1.54) is 10.6 Å². The number of nitrogens with zero attached hydrogens (tertiary/aromatic N) is 1. The van der Waals surface area contributed by atoms with Crippen LogP contribution in [0.3, 0.4) is 0 Å². The van der Waals surface area contributed by atoms with E-state index in [0.29, 0.717) is 11.1 Å². The van der Waals surface area contributed by atoms with Gasteiger partial charge in [-0.25, -0.2) is 16.8 Å². The van der Waals surface area contributed by atoms with Gasteiger partial charge in [0.1, 0.15) is 11.5 Å². The largest absolute Gasteiger partial charge is 0.468 e. The Morgan fingerprint density at radius 2 is 1.61 bits per heavy atom. The van der Waals surface area contributed by atoms with Crippen molar-refractivity contribution < 1.29 is 21.3 Å². The maximum atomic E-state index is 13.2. The van der Waals surface area contributed by atoms with Crippen LogP contribution in [0.15, 0.2) is 70.2 Å². The zero-order chi connectivity index (χ0) is 19.8. The van der Waals surface area contributed by atoms with E-state index in [4.69, 9.17) is 4.42 Å². The molecule has 1 aliphatic heterocycles. The van der Waals surface area contributed by atoms with Crippen LogP contribution in [-0.4, -0.2) is 39.5 Å². The number of hydrogen-bond acceptors (Lipinski definition) is 5. The Balaban J connectivity index is 1.53. The summed E-state index contributed by atoms with van der Waals surface area (Å²) in [4.78, 5) is 0.266. The van der Waals surface area contributed by atoms with Gasteiger partial charge in [0.25, 0.3) is 0 Å². The Hall–Kier alpha value is -2.16. The number of sulfonamides is 1. The van der Waals surface area contributed by atoms with Crippen LogP contribution in [0.25, 0.3) is 10.8 Å². The minimum atomic E-state index is -3.69. The van der Waals surface area contributed by atoms with E-state index in [-0.39, 0.29) is 36.6 Å². The lowest BCUT2D eigenvalue weighted by Crippen LogP contribution is -2.42. The van der Waals surface area contributed by atoms with Gasteiger partial charge in [-0.1, -0.05) is 36.4 Å². The van der Waals surface area contributed by atoms with Crippen molar-refractivity contribution in [3.05, 3.63) is 66.6 Å². The average Bonchev–Trinajstić information content (AvgIpc) is 3.20. The van der Waals surface area contributed by atoms with Crippen molar-refractivity contribution >= 4 is 30.6 Å². The van der Waals surface area contributed by atoms with Gasteiger partial charge in [0, 0.05) is 18.5 Å². The molecule has 0 radical (unpaired) electrons.